The molecule has 1 aromatic rings. The molecule has 1 fully saturated rings. The van der Waals surface area contributed by atoms with Crippen molar-refractivity contribution in [1.82, 2.24) is 4.72 Å². The molecular weight excluding hydrogens is 217 g/mol. The summed E-state index contributed by atoms with van der Waals surface area (Å²) in [5, 5.41) is 0. The molecule has 0 aliphatic heterocycles. The van der Waals surface area contributed by atoms with Crippen molar-refractivity contribution in [2.45, 2.75) is 30.7 Å². The number of benzene rings is 1. The molecule has 0 aromatic heterocycles. The van der Waals surface area contributed by atoms with Crippen molar-refractivity contribution in [2.24, 2.45) is 0 Å². The van der Waals surface area contributed by atoms with E-state index in [0.717, 1.165) is 12.8 Å². The Bertz CT molecular complexity index is 480. The summed E-state index contributed by atoms with van der Waals surface area (Å²) >= 11 is 0. The zero-order valence-corrected chi connectivity index (χ0v) is 9.14. The van der Waals surface area contributed by atoms with Gasteiger partial charge in [0, 0.05) is 6.04 Å². The molecule has 15 heavy (non-hydrogen) atoms. The Labute approximate surface area is 88.4 Å². The van der Waals surface area contributed by atoms with Gasteiger partial charge >= 0.3 is 0 Å². The van der Waals surface area contributed by atoms with Gasteiger partial charge in [-0.05, 0) is 37.5 Å². The van der Waals surface area contributed by atoms with Gasteiger partial charge in [-0.3, -0.25) is 0 Å². The minimum Gasteiger partial charge on any atom is -0.208 e. The maximum atomic E-state index is 13.4. The fourth-order valence-electron chi connectivity index (χ4n) is 1.31. The number of hydrogen-bond acceptors (Lipinski definition) is 2. The maximum Gasteiger partial charge on any atom is 0.243 e. The van der Waals surface area contributed by atoms with Crippen LogP contribution in [0.4, 0.5) is 4.39 Å². The van der Waals surface area contributed by atoms with E-state index in [4.69, 9.17) is 0 Å². The van der Waals surface area contributed by atoms with E-state index in [1.54, 1.807) is 13.0 Å². The first-order valence-electron chi connectivity index (χ1n) is 4.77. The van der Waals surface area contributed by atoms with Crippen molar-refractivity contribution in [1.29, 1.82) is 0 Å². The summed E-state index contributed by atoms with van der Waals surface area (Å²) < 4.78 is 39.2. The van der Waals surface area contributed by atoms with Crippen LogP contribution in [-0.2, 0) is 10.0 Å². The molecule has 0 radical (unpaired) electrons. The first-order valence-corrected chi connectivity index (χ1v) is 6.26. The highest BCUT2D eigenvalue weighted by atomic mass is 32.2. The van der Waals surface area contributed by atoms with Gasteiger partial charge in [-0.2, -0.15) is 0 Å². The van der Waals surface area contributed by atoms with E-state index in [9.17, 15) is 12.8 Å². The second kappa shape index (κ2) is 3.57. The molecular formula is C10H12FNO2S. The average molecular weight is 229 g/mol. The van der Waals surface area contributed by atoms with Crippen LogP contribution in [0.1, 0.15) is 18.4 Å². The Morgan fingerprint density at radius 2 is 2.07 bits per heavy atom. The fraction of sp³-hybridized carbons (Fsp3) is 0.400. The molecule has 0 heterocycles. The largest absolute Gasteiger partial charge is 0.243 e. The third kappa shape index (κ3) is 2.35. The number of aryl methyl sites for hydroxylation is 1. The van der Waals surface area contributed by atoms with Gasteiger partial charge in [0.1, 0.15) is 10.7 Å². The summed E-state index contributed by atoms with van der Waals surface area (Å²) in [6, 6.07) is 4.11. The van der Waals surface area contributed by atoms with E-state index >= 15 is 0 Å². The van der Waals surface area contributed by atoms with E-state index in [2.05, 4.69) is 4.72 Å². The minimum absolute atomic E-state index is 0.00398. The molecule has 5 heteroatoms. The van der Waals surface area contributed by atoms with E-state index in [1.807, 2.05) is 0 Å². The van der Waals surface area contributed by atoms with Gasteiger partial charge in [0.25, 0.3) is 0 Å². The van der Waals surface area contributed by atoms with Crippen molar-refractivity contribution in [3.63, 3.8) is 0 Å². The Morgan fingerprint density at radius 1 is 1.40 bits per heavy atom. The lowest BCUT2D eigenvalue weighted by molar-refractivity contribution is 0.556. The first-order chi connectivity index (χ1) is 6.99. The summed E-state index contributed by atoms with van der Waals surface area (Å²) in [6.07, 6.45) is 1.68. The maximum absolute atomic E-state index is 13.4. The molecule has 1 aliphatic rings. The predicted molar refractivity (Wildman–Crippen MR) is 54.5 cm³/mol. The second-order valence-electron chi connectivity index (χ2n) is 3.83. The lowest BCUT2D eigenvalue weighted by atomic mass is 10.2. The van der Waals surface area contributed by atoms with Crippen molar-refractivity contribution in [2.75, 3.05) is 0 Å². The van der Waals surface area contributed by atoms with Crippen LogP contribution < -0.4 is 4.72 Å². The summed E-state index contributed by atoms with van der Waals surface area (Å²) in [6.45, 7) is 1.72. The second-order valence-corrected chi connectivity index (χ2v) is 5.51. The van der Waals surface area contributed by atoms with Crippen LogP contribution in [-0.4, -0.2) is 14.5 Å². The zero-order chi connectivity index (χ0) is 11.1. The molecule has 0 saturated heterocycles. The van der Waals surface area contributed by atoms with Crippen molar-refractivity contribution in [3.05, 3.63) is 29.6 Å². The van der Waals surface area contributed by atoms with Crippen LogP contribution in [0.3, 0.4) is 0 Å². The molecule has 1 N–H and O–H groups in total. The highest BCUT2D eigenvalue weighted by Crippen LogP contribution is 2.23. The predicted octanol–water partition coefficient (Wildman–Crippen LogP) is 1.57. The van der Waals surface area contributed by atoms with E-state index < -0.39 is 15.8 Å². The molecule has 1 aliphatic carbocycles. The van der Waals surface area contributed by atoms with Crippen LogP contribution in [0.5, 0.6) is 0 Å². The van der Waals surface area contributed by atoms with E-state index in [-0.39, 0.29) is 10.9 Å². The minimum atomic E-state index is -3.67. The monoisotopic (exact) mass is 229 g/mol. The Morgan fingerprint density at radius 3 is 2.60 bits per heavy atom. The number of rotatable bonds is 3. The van der Waals surface area contributed by atoms with Crippen LogP contribution in [0, 0.1) is 12.7 Å². The molecule has 0 unspecified atom stereocenters. The molecule has 0 atom stereocenters. The summed E-state index contributed by atoms with van der Waals surface area (Å²) in [5.74, 6) is -0.692. The Balaban J connectivity index is 2.34. The van der Waals surface area contributed by atoms with Crippen LogP contribution >= 0.6 is 0 Å². The zero-order valence-electron chi connectivity index (χ0n) is 8.33. The topological polar surface area (TPSA) is 46.2 Å². The summed E-state index contributed by atoms with van der Waals surface area (Å²) in [4.78, 5) is -0.264. The van der Waals surface area contributed by atoms with Gasteiger partial charge < -0.3 is 0 Å². The van der Waals surface area contributed by atoms with Gasteiger partial charge in [0.05, 0.1) is 0 Å². The molecule has 0 amide bonds. The van der Waals surface area contributed by atoms with Crippen LogP contribution in [0.15, 0.2) is 23.1 Å². The van der Waals surface area contributed by atoms with Gasteiger partial charge in [-0.15, -0.1) is 0 Å². The fourth-order valence-corrected chi connectivity index (χ4v) is 2.67. The van der Waals surface area contributed by atoms with E-state index in [1.165, 1.54) is 12.1 Å². The molecule has 2 rings (SSSR count). The van der Waals surface area contributed by atoms with Crippen LogP contribution in [0.25, 0.3) is 0 Å². The summed E-state index contributed by atoms with van der Waals surface area (Å²) in [5.41, 5.74) is 0.706. The summed E-state index contributed by atoms with van der Waals surface area (Å²) in [7, 11) is -3.67. The number of halogens is 1. The SMILES string of the molecule is Cc1ccc(S(=O)(=O)NC2CC2)c(F)c1. The smallest absolute Gasteiger partial charge is 0.208 e. The molecule has 0 bridgehead atoms. The van der Waals surface area contributed by atoms with Gasteiger partial charge in [0.15, 0.2) is 0 Å². The molecule has 3 nitrogen and oxygen atoms in total. The van der Waals surface area contributed by atoms with E-state index in [0.29, 0.717) is 5.56 Å². The van der Waals surface area contributed by atoms with Gasteiger partial charge in [0.2, 0.25) is 10.0 Å². The Kier molecular flexibility index (Phi) is 2.52. The molecule has 1 saturated carbocycles. The standard InChI is InChI=1S/C10H12FNO2S/c1-7-2-5-10(9(11)6-7)15(13,14)12-8-3-4-8/h2,5-6,8,12H,3-4H2,1H3. The highest BCUT2D eigenvalue weighted by molar-refractivity contribution is 7.89. The van der Waals surface area contributed by atoms with Crippen molar-refractivity contribution >= 4 is 10.0 Å². The number of sulfonamides is 1. The van der Waals surface area contributed by atoms with Gasteiger partial charge in [-0.25, -0.2) is 17.5 Å². The third-order valence-electron chi connectivity index (χ3n) is 2.28. The average Bonchev–Trinajstić information content (AvgIpc) is 2.86. The van der Waals surface area contributed by atoms with Gasteiger partial charge in [-0.1, -0.05) is 6.07 Å². The Hall–Kier alpha value is -0.940. The van der Waals surface area contributed by atoms with Crippen LogP contribution in [0.2, 0.25) is 0 Å². The third-order valence-corrected chi connectivity index (χ3v) is 3.83. The molecule has 1 aromatic carbocycles. The van der Waals surface area contributed by atoms with Crippen molar-refractivity contribution < 1.29 is 12.8 Å². The molecule has 0 spiro atoms. The normalized spacial score (nSPS) is 16.7. The first kappa shape index (κ1) is 10.6. The lowest BCUT2D eigenvalue weighted by Crippen LogP contribution is -2.26. The number of hydrogen-bond donors (Lipinski definition) is 1. The van der Waals surface area contributed by atoms with Crippen molar-refractivity contribution in [3.8, 4) is 0 Å². The molecule has 82 valence electrons. The lowest BCUT2D eigenvalue weighted by Gasteiger charge is -2.06. The number of nitrogens with one attached hydrogen (secondary N) is 1. The quantitative estimate of drug-likeness (QED) is 0.855. The highest BCUT2D eigenvalue weighted by Gasteiger charge is 2.29.